The number of carbonyl (C=O) groups excluding carboxylic acids is 2. The van der Waals surface area contributed by atoms with Gasteiger partial charge in [0.15, 0.2) is 0 Å². The van der Waals surface area contributed by atoms with Gasteiger partial charge in [-0.3, -0.25) is 14.2 Å². The highest BCUT2D eigenvalue weighted by Gasteiger charge is 2.22. The van der Waals surface area contributed by atoms with Crippen molar-refractivity contribution in [2.24, 2.45) is 0 Å². The molecular formula is C25H23N3O4S. The van der Waals surface area contributed by atoms with Crippen molar-refractivity contribution in [1.29, 1.82) is 0 Å². The first-order valence-electron chi connectivity index (χ1n) is 10.4. The summed E-state index contributed by atoms with van der Waals surface area (Å²) in [6.45, 7) is 5.62. The maximum absolute atomic E-state index is 13.5. The Bertz CT molecular complexity index is 1420. The quantitative estimate of drug-likeness (QED) is 0.434. The van der Waals surface area contributed by atoms with Crippen LogP contribution in [0.3, 0.4) is 0 Å². The third kappa shape index (κ3) is 4.29. The number of fused-ring (bicyclic) bond motifs is 1. The van der Waals surface area contributed by atoms with Crippen LogP contribution in [0.5, 0.6) is 0 Å². The highest BCUT2D eigenvalue weighted by atomic mass is 32.1. The van der Waals surface area contributed by atoms with Crippen LogP contribution in [0.2, 0.25) is 0 Å². The van der Waals surface area contributed by atoms with Crippen molar-refractivity contribution >= 4 is 39.1 Å². The molecule has 0 fully saturated rings. The lowest BCUT2D eigenvalue weighted by Gasteiger charge is -2.15. The van der Waals surface area contributed by atoms with E-state index in [1.807, 2.05) is 38.1 Å². The maximum Gasteiger partial charge on any atom is 0.337 e. The molecule has 1 atom stereocenters. The summed E-state index contributed by atoms with van der Waals surface area (Å²) in [5.74, 6) is -0.898. The van der Waals surface area contributed by atoms with Crippen LogP contribution in [0.15, 0.2) is 59.7 Å². The number of rotatable bonds is 5. The first-order valence-corrected chi connectivity index (χ1v) is 11.2. The summed E-state index contributed by atoms with van der Waals surface area (Å²) in [5.41, 5.74) is 3.40. The van der Waals surface area contributed by atoms with Crippen LogP contribution >= 0.6 is 11.3 Å². The zero-order chi connectivity index (χ0) is 23.7. The summed E-state index contributed by atoms with van der Waals surface area (Å²) >= 11 is 1.46. The molecule has 1 unspecified atom stereocenters. The van der Waals surface area contributed by atoms with Crippen LogP contribution in [-0.4, -0.2) is 28.5 Å². The van der Waals surface area contributed by atoms with Crippen molar-refractivity contribution in [2.45, 2.75) is 26.8 Å². The van der Waals surface area contributed by atoms with Gasteiger partial charge in [-0.2, -0.15) is 0 Å². The van der Waals surface area contributed by atoms with Gasteiger partial charge in [0.1, 0.15) is 10.9 Å². The van der Waals surface area contributed by atoms with E-state index in [1.54, 1.807) is 25.1 Å². The normalized spacial score (nSPS) is 11.9. The lowest BCUT2D eigenvalue weighted by Crippen LogP contribution is -2.31. The molecule has 2 aromatic carbocycles. The summed E-state index contributed by atoms with van der Waals surface area (Å²) in [6.07, 6.45) is 1.41. The molecule has 0 bridgehead atoms. The van der Waals surface area contributed by atoms with E-state index in [1.165, 1.54) is 35.4 Å². The smallest absolute Gasteiger partial charge is 0.337 e. The van der Waals surface area contributed by atoms with E-state index in [2.05, 4.69) is 10.3 Å². The highest BCUT2D eigenvalue weighted by molar-refractivity contribution is 7.19. The Morgan fingerprint density at radius 3 is 2.55 bits per heavy atom. The molecule has 0 saturated carbocycles. The van der Waals surface area contributed by atoms with Crippen LogP contribution in [0.25, 0.3) is 21.3 Å². The first kappa shape index (κ1) is 22.4. The second-order valence-corrected chi connectivity index (χ2v) is 8.98. The summed E-state index contributed by atoms with van der Waals surface area (Å²) < 4.78 is 6.06. The molecule has 168 valence electrons. The molecule has 33 heavy (non-hydrogen) atoms. The molecule has 0 saturated heterocycles. The van der Waals surface area contributed by atoms with Gasteiger partial charge in [0.2, 0.25) is 5.91 Å². The average molecular weight is 462 g/mol. The molecule has 0 aliphatic carbocycles. The summed E-state index contributed by atoms with van der Waals surface area (Å²) in [5, 5.41) is 3.27. The molecule has 0 aliphatic rings. The van der Waals surface area contributed by atoms with Gasteiger partial charge in [0, 0.05) is 16.1 Å². The van der Waals surface area contributed by atoms with E-state index in [9.17, 15) is 14.4 Å². The maximum atomic E-state index is 13.5. The molecular weight excluding hydrogens is 438 g/mol. The Morgan fingerprint density at radius 1 is 1.12 bits per heavy atom. The fourth-order valence-electron chi connectivity index (χ4n) is 3.67. The lowest BCUT2D eigenvalue weighted by atomic mass is 10.0. The largest absolute Gasteiger partial charge is 0.465 e. The van der Waals surface area contributed by atoms with Gasteiger partial charge in [0.25, 0.3) is 5.56 Å². The van der Waals surface area contributed by atoms with Gasteiger partial charge in [-0.15, -0.1) is 11.3 Å². The molecule has 7 nitrogen and oxygen atoms in total. The Kier molecular flexibility index (Phi) is 6.11. The molecule has 1 amide bonds. The average Bonchev–Trinajstić information content (AvgIpc) is 3.15. The van der Waals surface area contributed by atoms with Crippen molar-refractivity contribution in [1.82, 2.24) is 9.55 Å². The number of aryl methyl sites for hydroxylation is 2. The topological polar surface area (TPSA) is 90.3 Å². The highest BCUT2D eigenvalue weighted by Crippen LogP contribution is 2.35. The van der Waals surface area contributed by atoms with E-state index in [0.717, 1.165) is 21.6 Å². The minimum Gasteiger partial charge on any atom is -0.465 e. The van der Waals surface area contributed by atoms with Gasteiger partial charge in [-0.25, -0.2) is 9.78 Å². The number of benzene rings is 2. The van der Waals surface area contributed by atoms with Gasteiger partial charge < -0.3 is 10.1 Å². The van der Waals surface area contributed by atoms with Crippen molar-refractivity contribution in [3.8, 4) is 11.1 Å². The van der Waals surface area contributed by atoms with Gasteiger partial charge in [-0.05, 0) is 44.5 Å². The summed E-state index contributed by atoms with van der Waals surface area (Å²) in [4.78, 5) is 44.3. The number of amides is 1. The fraction of sp³-hybridized carbons (Fsp3) is 0.200. The standard InChI is InChI=1S/C25H23N3O4S/c1-14-8-10-17(11-9-14)20-16(3)33-23-21(20)24(30)28(13-26-23)15(2)22(29)27-19-7-5-6-18(12-19)25(31)32-4/h5-13,15H,1-4H3,(H,27,29). The van der Waals surface area contributed by atoms with Crippen molar-refractivity contribution in [2.75, 3.05) is 12.4 Å². The second-order valence-electron chi connectivity index (χ2n) is 7.77. The number of hydrogen-bond acceptors (Lipinski definition) is 6. The third-order valence-electron chi connectivity index (χ3n) is 5.50. The van der Waals surface area contributed by atoms with E-state index in [4.69, 9.17) is 4.74 Å². The predicted octanol–water partition coefficient (Wildman–Crippen LogP) is 4.73. The van der Waals surface area contributed by atoms with Crippen LogP contribution in [-0.2, 0) is 9.53 Å². The van der Waals surface area contributed by atoms with Crippen LogP contribution in [0.1, 0.15) is 33.8 Å². The number of aromatic nitrogens is 2. The second kappa shape index (κ2) is 8.99. The van der Waals surface area contributed by atoms with E-state index >= 15 is 0 Å². The number of esters is 1. The molecule has 8 heteroatoms. The Labute approximate surface area is 194 Å². The third-order valence-corrected chi connectivity index (χ3v) is 6.51. The minimum atomic E-state index is -0.817. The fourth-order valence-corrected chi connectivity index (χ4v) is 4.68. The molecule has 0 radical (unpaired) electrons. The molecule has 4 aromatic rings. The molecule has 1 N–H and O–H groups in total. The van der Waals surface area contributed by atoms with Crippen LogP contribution in [0, 0.1) is 13.8 Å². The number of nitrogens with one attached hydrogen (secondary N) is 1. The molecule has 0 spiro atoms. The van der Waals surface area contributed by atoms with Crippen LogP contribution < -0.4 is 10.9 Å². The predicted molar refractivity (Wildman–Crippen MR) is 130 cm³/mol. The lowest BCUT2D eigenvalue weighted by molar-refractivity contribution is -0.118. The molecule has 2 heterocycles. The number of thiophene rings is 1. The van der Waals surface area contributed by atoms with E-state index in [0.29, 0.717) is 21.5 Å². The Morgan fingerprint density at radius 2 is 1.85 bits per heavy atom. The minimum absolute atomic E-state index is 0.272. The Hall–Kier alpha value is -3.78. The number of ether oxygens (including phenoxy) is 1. The van der Waals surface area contributed by atoms with Crippen molar-refractivity contribution < 1.29 is 14.3 Å². The number of anilines is 1. The number of carbonyl (C=O) groups is 2. The molecule has 4 rings (SSSR count). The zero-order valence-electron chi connectivity index (χ0n) is 18.7. The van der Waals surface area contributed by atoms with Gasteiger partial charge >= 0.3 is 5.97 Å². The van der Waals surface area contributed by atoms with Crippen molar-refractivity contribution in [3.63, 3.8) is 0 Å². The van der Waals surface area contributed by atoms with Crippen LogP contribution in [0.4, 0.5) is 5.69 Å². The van der Waals surface area contributed by atoms with Crippen molar-refractivity contribution in [3.05, 3.63) is 81.2 Å². The number of nitrogens with zero attached hydrogens (tertiary/aromatic N) is 2. The van der Waals surface area contributed by atoms with Gasteiger partial charge in [0.05, 0.1) is 24.4 Å². The first-order chi connectivity index (χ1) is 15.8. The van der Waals surface area contributed by atoms with E-state index in [-0.39, 0.29) is 5.56 Å². The summed E-state index contributed by atoms with van der Waals surface area (Å²) in [7, 11) is 1.29. The van der Waals surface area contributed by atoms with Gasteiger partial charge in [-0.1, -0.05) is 35.9 Å². The SMILES string of the molecule is COC(=O)c1cccc(NC(=O)C(C)n2cnc3sc(C)c(-c4ccc(C)cc4)c3c2=O)c1. The zero-order valence-corrected chi connectivity index (χ0v) is 19.5. The number of hydrogen-bond donors (Lipinski definition) is 1. The number of methoxy groups -OCH3 is 1. The summed E-state index contributed by atoms with van der Waals surface area (Å²) in [6, 6.07) is 13.6. The molecule has 0 aliphatic heterocycles. The molecule has 2 aromatic heterocycles. The Balaban J connectivity index is 1.70. The monoisotopic (exact) mass is 461 g/mol. The van der Waals surface area contributed by atoms with E-state index < -0.39 is 17.9 Å².